The Balaban J connectivity index is 1.86. The van der Waals surface area contributed by atoms with Crippen LogP contribution < -0.4 is 5.32 Å². The quantitative estimate of drug-likeness (QED) is 0.515. The second-order valence-electron chi connectivity index (χ2n) is 6.88. The second-order valence-corrected chi connectivity index (χ2v) is 7.90. The predicted molar refractivity (Wildman–Crippen MR) is 105 cm³/mol. The number of aliphatic hydroxyl groups excluding tert-OH is 2. The first-order valence-corrected chi connectivity index (χ1v) is 9.24. The van der Waals surface area contributed by atoms with Gasteiger partial charge in [-0.3, -0.25) is 0 Å². The highest BCUT2D eigenvalue weighted by atomic mass is 32.1. The van der Waals surface area contributed by atoms with Gasteiger partial charge in [-0.1, -0.05) is 36.4 Å². The minimum atomic E-state index is -0.675. The van der Waals surface area contributed by atoms with Gasteiger partial charge in [-0.2, -0.15) is 0 Å². The Morgan fingerprint density at radius 1 is 1.00 bits per heavy atom. The number of nitrogens with zero attached hydrogens (tertiary/aromatic N) is 1. The minimum Gasteiger partial charge on any atom is -0.394 e. The lowest BCUT2D eigenvalue weighted by Crippen LogP contribution is -2.48. The van der Waals surface area contributed by atoms with Crippen molar-refractivity contribution in [2.45, 2.75) is 19.0 Å². The normalized spacial score (nSPS) is 12.6. The number of nitrogens with one attached hydrogen (secondary N) is 1. The van der Waals surface area contributed by atoms with Crippen LogP contribution in [0.25, 0.3) is 31.2 Å². The van der Waals surface area contributed by atoms with Crippen molar-refractivity contribution >= 4 is 42.5 Å². The molecule has 2 heterocycles. The van der Waals surface area contributed by atoms with Gasteiger partial charge in [0.05, 0.1) is 29.0 Å². The molecule has 5 heteroatoms. The van der Waals surface area contributed by atoms with E-state index in [-0.39, 0.29) is 13.2 Å². The summed E-state index contributed by atoms with van der Waals surface area (Å²) in [4.78, 5) is 0. The average molecular weight is 354 g/mol. The summed E-state index contributed by atoms with van der Waals surface area (Å²) in [5, 5.41) is 24.8. The first-order valence-electron chi connectivity index (χ1n) is 8.42. The molecule has 0 atom stereocenters. The fourth-order valence-electron chi connectivity index (χ4n) is 3.37. The molecule has 0 spiro atoms. The number of rotatable bonds is 5. The third kappa shape index (κ3) is 2.55. The number of para-hydroxylation sites is 1. The van der Waals surface area contributed by atoms with Crippen molar-refractivity contribution in [1.29, 1.82) is 0 Å². The number of benzene rings is 2. The number of fused-ring (bicyclic) bond motifs is 5. The molecule has 4 rings (SSSR count). The molecule has 0 saturated heterocycles. The van der Waals surface area contributed by atoms with Crippen molar-refractivity contribution in [2.75, 3.05) is 13.2 Å². The molecule has 0 unspecified atom stereocenters. The zero-order valence-corrected chi connectivity index (χ0v) is 15.2. The topological polar surface area (TPSA) is 57.4 Å². The van der Waals surface area contributed by atoms with Gasteiger partial charge >= 0.3 is 0 Å². The summed E-state index contributed by atoms with van der Waals surface area (Å²) in [5.74, 6) is 0. The maximum Gasteiger partial charge on any atom is 0.0678 e. The molecule has 3 N–H and O–H groups in total. The van der Waals surface area contributed by atoms with Gasteiger partial charge in [0, 0.05) is 34.6 Å². The Labute approximate surface area is 150 Å². The highest BCUT2D eigenvalue weighted by molar-refractivity contribution is 7.26. The van der Waals surface area contributed by atoms with E-state index in [2.05, 4.69) is 59.4 Å². The highest BCUT2D eigenvalue weighted by Gasteiger charge is 2.22. The van der Waals surface area contributed by atoms with E-state index in [0.717, 1.165) is 0 Å². The average Bonchev–Trinajstić information content (AvgIpc) is 3.17. The molecule has 0 fully saturated rings. The van der Waals surface area contributed by atoms with Crippen LogP contribution >= 0.6 is 11.3 Å². The van der Waals surface area contributed by atoms with E-state index in [1.807, 2.05) is 18.3 Å². The lowest BCUT2D eigenvalue weighted by atomic mass is 10.0. The van der Waals surface area contributed by atoms with E-state index in [0.29, 0.717) is 6.54 Å². The van der Waals surface area contributed by atoms with Crippen LogP contribution in [0.1, 0.15) is 12.5 Å². The molecule has 0 bridgehead atoms. The SMILES string of the molecule is Cn1c2ccccc2c2sc3c(CNC(C)(CO)CO)cccc3c21. The van der Waals surface area contributed by atoms with E-state index in [9.17, 15) is 10.2 Å². The molecule has 25 heavy (non-hydrogen) atoms. The van der Waals surface area contributed by atoms with Crippen LogP contribution in [-0.2, 0) is 13.6 Å². The smallest absolute Gasteiger partial charge is 0.0678 e. The fraction of sp³-hybridized carbons (Fsp3) is 0.300. The molecule has 0 aliphatic carbocycles. The monoisotopic (exact) mass is 354 g/mol. The minimum absolute atomic E-state index is 0.101. The third-order valence-electron chi connectivity index (χ3n) is 5.02. The highest BCUT2D eigenvalue weighted by Crippen LogP contribution is 2.41. The van der Waals surface area contributed by atoms with Crippen LogP contribution in [0.2, 0.25) is 0 Å². The lowest BCUT2D eigenvalue weighted by molar-refractivity contribution is 0.103. The summed E-state index contributed by atoms with van der Waals surface area (Å²) in [6.07, 6.45) is 0. The molecule has 2 aromatic carbocycles. The Morgan fingerprint density at radius 2 is 1.72 bits per heavy atom. The summed E-state index contributed by atoms with van der Waals surface area (Å²) < 4.78 is 4.85. The standard InChI is InChI=1S/C20H22N2O2S/c1-20(11-23,12-24)21-10-13-6-5-8-15-17-19(25-18(13)15)14-7-3-4-9-16(14)22(17)2/h3-9,21,23-24H,10-12H2,1-2H3. The summed E-state index contributed by atoms with van der Waals surface area (Å²) in [7, 11) is 2.12. The van der Waals surface area contributed by atoms with Crippen molar-refractivity contribution in [3.05, 3.63) is 48.0 Å². The lowest BCUT2D eigenvalue weighted by Gasteiger charge is -2.26. The van der Waals surface area contributed by atoms with Crippen LogP contribution in [0.4, 0.5) is 0 Å². The number of hydrogen-bond donors (Lipinski definition) is 3. The van der Waals surface area contributed by atoms with E-state index >= 15 is 0 Å². The molecule has 0 amide bonds. The Bertz CT molecular complexity index is 1060. The number of aromatic nitrogens is 1. The van der Waals surface area contributed by atoms with Crippen LogP contribution in [-0.4, -0.2) is 33.5 Å². The predicted octanol–water partition coefficient (Wildman–Crippen LogP) is 3.38. The first-order chi connectivity index (χ1) is 12.1. The van der Waals surface area contributed by atoms with Gasteiger partial charge in [-0.25, -0.2) is 0 Å². The molecular formula is C20H22N2O2S. The second kappa shape index (κ2) is 6.11. The number of thiophene rings is 1. The molecule has 130 valence electrons. The van der Waals surface area contributed by atoms with Gasteiger partial charge in [0.2, 0.25) is 0 Å². The van der Waals surface area contributed by atoms with Gasteiger partial charge in [0.15, 0.2) is 0 Å². The molecular weight excluding hydrogens is 332 g/mol. The Morgan fingerprint density at radius 3 is 2.48 bits per heavy atom. The van der Waals surface area contributed by atoms with Gasteiger partial charge in [0.1, 0.15) is 0 Å². The summed E-state index contributed by atoms with van der Waals surface area (Å²) >= 11 is 1.82. The van der Waals surface area contributed by atoms with E-state index in [1.165, 1.54) is 36.8 Å². The summed E-state index contributed by atoms with van der Waals surface area (Å²) in [6.45, 7) is 2.23. The Kier molecular flexibility index (Phi) is 4.04. The maximum absolute atomic E-state index is 9.49. The number of aliphatic hydroxyl groups is 2. The van der Waals surface area contributed by atoms with Crippen LogP contribution in [0.3, 0.4) is 0 Å². The van der Waals surface area contributed by atoms with Crippen molar-refractivity contribution in [3.63, 3.8) is 0 Å². The van der Waals surface area contributed by atoms with Crippen LogP contribution in [0, 0.1) is 0 Å². The van der Waals surface area contributed by atoms with Gasteiger partial charge in [-0.15, -0.1) is 11.3 Å². The van der Waals surface area contributed by atoms with Gasteiger partial charge in [0.25, 0.3) is 0 Å². The molecule has 0 radical (unpaired) electrons. The number of aryl methyl sites for hydroxylation is 1. The Hall–Kier alpha value is -1.92. The van der Waals surface area contributed by atoms with E-state index in [1.54, 1.807) is 0 Å². The van der Waals surface area contributed by atoms with Crippen LogP contribution in [0.5, 0.6) is 0 Å². The largest absolute Gasteiger partial charge is 0.394 e. The zero-order chi connectivity index (χ0) is 17.6. The zero-order valence-electron chi connectivity index (χ0n) is 14.4. The van der Waals surface area contributed by atoms with E-state index < -0.39 is 5.54 Å². The summed E-state index contributed by atoms with van der Waals surface area (Å²) in [6, 6.07) is 14.9. The van der Waals surface area contributed by atoms with Gasteiger partial charge in [-0.05, 0) is 18.6 Å². The molecule has 2 aromatic heterocycles. The van der Waals surface area contributed by atoms with Crippen molar-refractivity contribution in [1.82, 2.24) is 9.88 Å². The molecule has 0 aliphatic heterocycles. The van der Waals surface area contributed by atoms with Crippen molar-refractivity contribution < 1.29 is 10.2 Å². The molecule has 4 nitrogen and oxygen atoms in total. The summed E-state index contributed by atoms with van der Waals surface area (Å²) in [5.41, 5.74) is 3.04. The van der Waals surface area contributed by atoms with Crippen LogP contribution in [0.15, 0.2) is 42.5 Å². The first kappa shape index (κ1) is 16.5. The van der Waals surface area contributed by atoms with Gasteiger partial charge < -0.3 is 20.1 Å². The molecule has 0 saturated carbocycles. The molecule has 4 aromatic rings. The third-order valence-corrected chi connectivity index (χ3v) is 6.32. The molecule has 0 aliphatic rings. The maximum atomic E-state index is 9.49. The van der Waals surface area contributed by atoms with E-state index in [4.69, 9.17) is 0 Å². The van der Waals surface area contributed by atoms with Crippen molar-refractivity contribution in [3.8, 4) is 0 Å². The van der Waals surface area contributed by atoms with Crippen molar-refractivity contribution in [2.24, 2.45) is 7.05 Å². The number of hydrogen-bond acceptors (Lipinski definition) is 4. The fourth-order valence-corrected chi connectivity index (χ4v) is 4.74.